The number of quaternary nitrogens is 2. The normalized spacial score (nSPS) is 28.3. The summed E-state index contributed by atoms with van der Waals surface area (Å²) in [6, 6.07) is 5.91. The third-order valence-electron chi connectivity index (χ3n) is 6.50. The Labute approximate surface area is 178 Å². The number of amides is 3. The average molecular weight is 419 g/mol. The lowest BCUT2D eigenvalue weighted by molar-refractivity contribution is -1.02. The van der Waals surface area contributed by atoms with Gasteiger partial charge in [0.15, 0.2) is 18.2 Å². The number of benzene rings is 1. The van der Waals surface area contributed by atoms with Gasteiger partial charge in [-0.3, -0.25) is 4.79 Å². The van der Waals surface area contributed by atoms with Crippen LogP contribution in [0.15, 0.2) is 18.2 Å². The van der Waals surface area contributed by atoms with Gasteiger partial charge in [0, 0.05) is 5.56 Å². The van der Waals surface area contributed by atoms with Gasteiger partial charge in [0.1, 0.15) is 38.3 Å². The first kappa shape index (κ1) is 20.9. The molecule has 30 heavy (non-hydrogen) atoms. The van der Waals surface area contributed by atoms with Crippen molar-refractivity contribution in [3.63, 3.8) is 0 Å². The van der Waals surface area contributed by atoms with Crippen molar-refractivity contribution in [1.82, 2.24) is 10.2 Å². The fourth-order valence-electron chi connectivity index (χ4n) is 4.49. The molecule has 0 aromatic heterocycles. The highest BCUT2D eigenvalue weighted by atomic mass is 16.7. The minimum absolute atomic E-state index is 0.0733. The van der Waals surface area contributed by atoms with E-state index in [1.54, 1.807) is 0 Å². The number of rotatable bonds is 7. The Morgan fingerprint density at radius 1 is 1.10 bits per heavy atom. The number of imide groups is 1. The summed E-state index contributed by atoms with van der Waals surface area (Å²) in [6.07, 6.45) is 1.61. The number of carbonyl (C=O) groups is 2. The van der Waals surface area contributed by atoms with Crippen molar-refractivity contribution in [2.45, 2.75) is 45.7 Å². The van der Waals surface area contributed by atoms with Crippen molar-refractivity contribution < 1.29 is 28.9 Å². The fraction of sp³-hybridized carbons (Fsp3) is 0.636. The van der Waals surface area contributed by atoms with Crippen LogP contribution in [0.2, 0.25) is 0 Å². The Kier molecular flexibility index (Phi) is 5.88. The first-order chi connectivity index (χ1) is 14.3. The highest BCUT2D eigenvalue weighted by molar-refractivity contribution is 6.06. The molecular formula is C22H34N4O4+2. The van der Waals surface area contributed by atoms with Crippen molar-refractivity contribution in [1.29, 1.82) is 0 Å². The zero-order chi connectivity index (χ0) is 21.3. The topological polar surface area (TPSA) is 76.8 Å². The van der Waals surface area contributed by atoms with Crippen LogP contribution in [-0.4, -0.2) is 62.0 Å². The Bertz CT molecular complexity index is 806. The van der Waals surface area contributed by atoms with Gasteiger partial charge in [-0.25, -0.2) is 9.69 Å². The summed E-state index contributed by atoms with van der Waals surface area (Å²) in [4.78, 5) is 29.6. The van der Waals surface area contributed by atoms with E-state index in [1.165, 1.54) is 20.3 Å². The monoisotopic (exact) mass is 418 g/mol. The lowest BCUT2D eigenvalue weighted by Crippen LogP contribution is -3.28. The molecule has 8 nitrogen and oxygen atoms in total. The van der Waals surface area contributed by atoms with E-state index in [0.717, 1.165) is 50.6 Å². The third-order valence-corrected chi connectivity index (χ3v) is 6.50. The van der Waals surface area contributed by atoms with Crippen LogP contribution in [0.5, 0.6) is 11.5 Å². The molecule has 0 saturated carbocycles. The molecule has 8 heteroatoms. The van der Waals surface area contributed by atoms with Gasteiger partial charge in [0.25, 0.3) is 5.91 Å². The van der Waals surface area contributed by atoms with E-state index in [1.807, 2.05) is 13.0 Å². The maximum atomic E-state index is 12.9. The quantitative estimate of drug-likeness (QED) is 0.517. The third kappa shape index (κ3) is 4.39. The highest BCUT2D eigenvalue weighted by Crippen LogP contribution is 2.32. The molecule has 0 radical (unpaired) electrons. The molecule has 3 amide bonds. The van der Waals surface area contributed by atoms with E-state index in [4.69, 9.17) is 9.47 Å². The zero-order valence-electron chi connectivity index (χ0n) is 18.3. The molecule has 0 aliphatic carbocycles. The second-order valence-electron chi connectivity index (χ2n) is 9.45. The summed E-state index contributed by atoms with van der Waals surface area (Å²) in [5.74, 6) is 2.08. The SMILES string of the molecule is CC(C)CC[C@]1(C)NC(=O)N(C[NH+]2CC[NH+](Cc3ccc4c(c3)OCO4)CC2)C1=O. The fourth-order valence-corrected chi connectivity index (χ4v) is 4.49. The molecule has 1 atom stereocenters. The molecule has 0 spiro atoms. The number of hydrogen-bond acceptors (Lipinski definition) is 4. The van der Waals surface area contributed by atoms with Crippen molar-refractivity contribution in [2.24, 2.45) is 5.92 Å². The molecule has 3 N–H and O–H groups in total. The zero-order valence-corrected chi connectivity index (χ0v) is 18.3. The van der Waals surface area contributed by atoms with Crippen LogP contribution in [0, 0.1) is 5.92 Å². The van der Waals surface area contributed by atoms with Crippen LogP contribution < -0.4 is 24.6 Å². The number of nitrogens with one attached hydrogen (secondary N) is 3. The number of fused-ring (bicyclic) bond motifs is 1. The van der Waals surface area contributed by atoms with Crippen molar-refractivity contribution in [3.8, 4) is 11.5 Å². The Hall–Kier alpha value is -2.32. The smallest absolute Gasteiger partial charge is 0.329 e. The summed E-state index contributed by atoms with van der Waals surface area (Å²) in [7, 11) is 0. The molecule has 0 unspecified atom stereocenters. The second-order valence-corrected chi connectivity index (χ2v) is 9.45. The van der Waals surface area contributed by atoms with Gasteiger partial charge in [-0.2, -0.15) is 0 Å². The lowest BCUT2D eigenvalue weighted by atomic mass is 9.92. The number of nitrogens with zero attached hydrogens (tertiary/aromatic N) is 1. The maximum absolute atomic E-state index is 12.9. The number of urea groups is 1. The van der Waals surface area contributed by atoms with E-state index >= 15 is 0 Å². The summed E-state index contributed by atoms with van der Waals surface area (Å²) in [5.41, 5.74) is 0.487. The van der Waals surface area contributed by atoms with Gasteiger partial charge < -0.3 is 24.6 Å². The van der Waals surface area contributed by atoms with Gasteiger partial charge >= 0.3 is 6.03 Å². The molecule has 2 fully saturated rings. The first-order valence-corrected chi connectivity index (χ1v) is 11.0. The molecule has 3 aliphatic rings. The van der Waals surface area contributed by atoms with Crippen molar-refractivity contribution in [2.75, 3.05) is 39.6 Å². The number of carbonyl (C=O) groups excluding carboxylic acids is 2. The van der Waals surface area contributed by atoms with Crippen LogP contribution >= 0.6 is 0 Å². The Balaban J connectivity index is 1.27. The van der Waals surface area contributed by atoms with Crippen molar-refractivity contribution >= 4 is 11.9 Å². The van der Waals surface area contributed by atoms with E-state index in [9.17, 15) is 9.59 Å². The number of hydrogen-bond donors (Lipinski definition) is 3. The predicted molar refractivity (Wildman–Crippen MR) is 110 cm³/mol. The minimum atomic E-state index is -0.757. The van der Waals surface area contributed by atoms with E-state index < -0.39 is 5.54 Å². The largest absolute Gasteiger partial charge is 0.454 e. The van der Waals surface area contributed by atoms with Crippen molar-refractivity contribution in [3.05, 3.63) is 23.8 Å². The molecule has 2 saturated heterocycles. The van der Waals surface area contributed by atoms with E-state index in [0.29, 0.717) is 25.8 Å². The second kappa shape index (κ2) is 8.43. The maximum Gasteiger partial charge on any atom is 0.329 e. The summed E-state index contributed by atoms with van der Waals surface area (Å²) >= 11 is 0. The van der Waals surface area contributed by atoms with E-state index in [2.05, 4.69) is 31.3 Å². The molecule has 4 rings (SSSR count). The van der Waals surface area contributed by atoms with Gasteiger partial charge in [-0.15, -0.1) is 0 Å². The molecule has 0 bridgehead atoms. The van der Waals surface area contributed by atoms with Crippen LogP contribution in [0.1, 0.15) is 39.2 Å². The molecule has 3 aliphatic heterocycles. The molecule has 1 aromatic carbocycles. The van der Waals surface area contributed by atoms with Crippen LogP contribution in [-0.2, 0) is 11.3 Å². The van der Waals surface area contributed by atoms with E-state index in [-0.39, 0.29) is 11.9 Å². The highest BCUT2D eigenvalue weighted by Gasteiger charge is 2.48. The summed E-state index contributed by atoms with van der Waals surface area (Å²) in [5, 5.41) is 2.93. The van der Waals surface area contributed by atoms with Gasteiger partial charge in [0.05, 0.1) is 0 Å². The Morgan fingerprint density at radius 2 is 1.80 bits per heavy atom. The van der Waals surface area contributed by atoms with Gasteiger partial charge in [-0.05, 0) is 43.9 Å². The van der Waals surface area contributed by atoms with Gasteiger partial charge in [0.2, 0.25) is 6.79 Å². The Morgan fingerprint density at radius 3 is 2.53 bits per heavy atom. The standard InChI is InChI=1S/C22H32N4O4/c1-16(2)6-7-22(3)20(27)26(21(28)23-22)14-25-10-8-24(9-11-25)13-17-4-5-18-19(12-17)30-15-29-18/h4-5,12,16H,6-11,13-15H2,1-3H3,(H,23,28)/p+2/t22-/m0/s1. The molecule has 1 aromatic rings. The number of ether oxygens (including phenoxy) is 2. The average Bonchev–Trinajstić information content (AvgIpc) is 3.26. The molecule has 3 heterocycles. The van der Waals surface area contributed by atoms with Gasteiger partial charge in [-0.1, -0.05) is 13.8 Å². The molecule has 164 valence electrons. The lowest BCUT2D eigenvalue weighted by Gasteiger charge is -2.31. The van der Waals surface area contributed by atoms with Crippen LogP contribution in [0.4, 0.5) is 4.79 Å². The van der Waals surface area contributed by atoms with Crippen LogP contribution in [0.3, 0.4) is 0 Å². The van der Waals surface area contributed by atoms with Crippen LogP contribution in [0.25, 0.3) is 0 Å². The predicted octanol–water partition coefficient (Wildman–Crippen LogP) is -0.597. The summed E-state index contributed by atoms with van der Waals surface area (Å²) in [6.45, 7) is 11.7. The summed E-state index contributed by atoms with van der Waals surface area (Å²) < 4.78 is 10.9. The molecular weight excluding hydrogens is 384 g/mol. The first-order valence-electron chi connectivity index (χ1n) is 11.0. The number of piperazine rings is 1. The minimum Gasteiger partial charge on any atom is -0.454 e.